The molecule has 2 heterocycles. The predicted molar refractivity (Wildman–Crippen MR) is 88.9 cm³/mol. The first-order chi connectivity index (χ1) is 9.66. The topological polar surface area (TPSA) is 62.3 Å². The van der Waals surface area contributed by atoms with Crippen LogP contribution in [-0.2, 0) is 16.4 Å². The van der Waals surface area contributed by atoms with Crippen LogP contribution in [0.4, 0.5) is 5.13 Å². The Kier molecular flexibility index (Phi) is 4.95. The van der Waals surface area contributed by atoms with Gasteiger partial charge in [-0.1, -0.05) is 0 Å². The molecule has 0 bridgehead atoms. The Morgan fingerprint density at radius 3 is 2.67 bits per heavy atom. The molecule has 5 nitrogen and oxygen atoms in total. The van der Waals surface area contributed by atoms with Crippen LogP contribution >= 0.6 is 11.3 Å². The Morgan fingerprint density at radius 2 is 2.00 bits per heavy atom. The van der Waals surface area contributed by atoms with Crippen molar-refractivity contribution in [1.29, 1.82) is 0 Å². The summed E-state index contributed by atoms with van der Waals surface area (Å²) >= 11 is 1.67. The zero-order valence-corrected chi connectivity index (χ0v) is 14.9. The molecule has 7 heteroatoms. The smallest absolute Gasteiger partial charge is 0.185 e. The minimum Gasteiger partial charge on any atom is -0.347 e. The van der Waals surface area contributed by atoms with E-state index in [1.165, 1.54) is 4.88 Å². The summed E-state index contributed by atoms with van der Waals surface area (Å²) in [5.74, 6) is 0.535. The largest absolute Gasteiger partial charge is 0.347 e. The molecule has 120 valence electrons. The van der Waals surface area contributed by atoms with Crippen molar-refractivity contribution in [3.63, 3.8) is 0 Å². The number of anilines is 1. The molecule has 1 aliphatic rings. The summed E-state index contributed by atoms with van der Waals surface area (Å²) in [6.45, 7) is 10.6. The molecule has 1 aromatic heterocycles. The molecule has 1 aromatic rings. The van der Waals surface area contributed by atoms with E-state index in [4.69, 9.17) is 0 Å². The van der Waals surface area contributed by atoms with Crippen LogP contribution in [0, 0.1) is 6.92 Å². The molecule has 0 radical (unpaired) electrons. The van der Waals surface area contributed by atoms with E-state index in [1.807, 2.05) is 6.92 Å². The normalized spacial score (nSPS) is 19.5. The summed E-state index contributed by atoms with van der Waals surface area (Å²) in [5, 5.41) is 4.43. The monoisotopic (exact) mass is 331 g/mol. The molecule has 1 aliphatic heterocycles. The van der Waals surface area contributed by atoms with E-state index in [-0.39, 0.29) is 11.3 Å². The van der Waals surface area contributed by atoms with Crippen LogP contribution in [0.25, 0.3) is 0 Å². The standard InChI is InChI=1S/C14H25N3O2S2/c1-11-12(10-15-14(2,3)4)20-13(16-11)17-6-5-8-21(18,19)9-7-17/h15H,5-10H2,1-4H3. The predicted octanol–water partition coefficient (Wildman–Crippen LogP) is 1.96. The van der Waals surface area contributed by atoms with E-state index in [1.54, 1.807) is 11.3 Å². The van der Waals surface area contributed by atoms with Gasteiger partial charge in [0.1, 0.15) is 0 Å². The fraction of sp³-hybridized carbons (Fsp3) is 0.786. The highest BCUT2D eigenvalue weighted by atomic mass is 32.2. The van der Waals surface area contributed by atoms with Crippen LogP contribution in [0.3, 0.4) is 0 Å². The third kappa shape index (κ3) is 4.93. The molecule has 0 unspecified atom stereocenters. The van der Waals surface area contributed by atoms with Gasteiger partial charge >= 0.3 is 0 Å². The van der Waals surface area contributed by atoms with Crippen molar-refractivity contribution in [2.75, 3.05) is 29.5 Å². The SMILES string of the molecule is Cc1nc(N2CCCS(=O)(=O)CC2)sc1CNC(C)(C)C. The van der Waals surface area contributed by atoms with Gasteiger partial charge in [0.15, 0.2) is 15.0 Å². The molecule has 1 saturated heterocycles. The summed E-state index contributed by atoms with van der Waals surface area (Å²) in [5.41, 5.74) is 1.12. The second-order valence-electron chi connectivity index (χ2n) is 6.60. The van der Waals surface area contributed by atoms with E-state index in [0.29, 0.717) is 18.7 Å². The van der Waals surface area contributed by atoms with E-state index in [0.717, 1.165) is 23.9 Å². The number of sulfone groups is 1. The van der Waals surface area contributed by atoms with Crippen molar-refractivity contribution < 1.29 is 8.42 Å². The first-order valence-corrected chi connectivity index (χ1v) is 9.97. The Bertz CT molecular complexity index is 588. The Hall–Kier alpha value is -0.660. The van der Waals surface area contributed by atoms with Crippen LogP contribution < -0.4 is 10.2 Å². The molecule has 0 atom stereocenters. The highest BCUT2D eigenvalue weighted by molar-refractivity contribution is 7.91. The second-order valence-corrected chi connectivity index (χ2v) is 9.97. The van der Waals surface area contributed by atoms with E-state index in [9.17, 15) is 8.42 Å². The van der Waals surface area contributed by atoms with Crippen LogP contribution in [-0.4, -0.2) is 43.5 Å². The highest BCUT2D eigenvalue weighted by Gasteiger charge is 2.22. The molecule has 0 aliphatic carbocycles. The maximum atomic E-state index is 11.7. The van der Waals surface area contributed by atoms with Gasteiger partial charge in [-0.05, 0) is 34.1 Å². The summed E-state index contributed by atoms with van der Waals surface area (Å²) in [6, 6.07) is 0. The summed E-state index contributed by atoms with van der Waals surface area (Å²) in [6.07, 6.45) is 0.691. The van der Waals surface area contributed by atoms with Crippen LogP contribution in [0.15, 0.2) is 0 Å². The number of thiazole rings is 1. The summed E-state index contributed by atoms with van der Waals surface area (Å²) < 4.78 is 23.4. The Balaban J connectivity index is 2.07. The average molecular weight is 332 g/mol. The lowest BCUT2D eigenvalue weighted by molar-refractivity contribution is 0.425. The highest BCUT2D eigenvalue weighted by Crippen LogP contribution is 2.27. The van der Waals surface area contributed by atoms with Crippen molar-refractivity contribution in [2.45, 2.75) is 46.2 Å². The van der Waals surface area contributed by atoms with Gasteiger partial charge in [-0.25, -0.2) is 13.4 Å². The second kappa shape index (κ2) is 6.22. The first kappa shape index (κ1) is 16.7. The summed E-state index contributed by atoms with van der Waals surface area (Å²) in [4.78, 5) is 7.98. The van der Waals surface area contributed by atoms with Crippen molar-refractivity contribution >= 4 is 26.3 Å². The number of nitrogens with one attached hydrogen (secondary N) is 1. The lowest BCUT2D eigenvalue weighted by Gasteiger charge is -2.20. The molecular weight excluding hydrogens is 306 g/mol. The molecule has 21 heavy (non-hydrogen) atoms. The van der Waals surface area contributed by atoms with Crippen molar-refractivity contribution in [1.82, 2.24) is 10.3 Å². The average Bonchev–Trinajstić information content (AvgIpc) is 2.61. The van der Waals surface area contributed by atoms with Gasteiger partial charge in [0.05, 0.1) is 17.2 Å². The molecule has 0 amide bonds. The fourth-order valence-corrected chi connectivity index (χ4v) is 4.51. The lowest BCUT2D eigenvalue weighted by Crippen LogP contribution is -2.34. The molecule has 1 fully saturated rings. The number of nitrogens with zero attached hydrogens (tertiary/aromatic N) is 2. The molecule has 2 rings (SSSR count). The number of rotatable bonds is 3. The van der Waals surface area contributed by atoms with Gasteiger partial charge < -0.3 is 10.2 Å². The Morgan fingerprint density at radius 1 is 1.29 bits per heavy atom. The van der Waals surface area contributed by atoms with Crippen molar-refractivity contribution in [3.8, 4) is 0 Å². The zero-order chi connectivity index (χ0) is 15.7. The first-order valence-electron chi connectivity index (χ1n) is 7.33. The van der Waals surface area contributed by atoms with Gasteiger partial charge in [-0.2, -0.15) is 0 Å². The van der Waals surface area contributed by atoms with Gasteiger partial charge in [-0.15, -0.1) is 11.3 Å². The number of hydrogen-bond acceptors (Lipinski definition) is 6. The number of aryl methyl sites for hydroxylation is 1. The van der Waals surface area contributed by atoms with Crippen LogP contribution in [0.5, 0.6) is 0 Å². The maximum absolute atomic E-state index is 11.7. The lowest BCUT2D eigenvalue weighted by atomic mass is 10.1. The van der Waals surface area contributed by atoms with Crippen molar-refractivity contribution in [2.24, 2.45) is 0 Å². The maximum Gasteiger partial charge on any atom is 0.185 e. The zero-order valence-electron chi connectivity index (χ0n) is 13.3. The third-order valence-electron chi connectivity index (χ3n) is 3.49. The van der Waals surface area contributed by atoms with Gasteiger partial charge in [-0.3, -0.25) is 0 Å². The minimum absolute atomic E-state index is 0.0767. The minimum atomic E-state index is -2.87. The summed E-state index contributed by atoms with van der Waals surface area (Å²) in [7, 11) is -2.87. The van der Waals surface area contributed by atoms with E-state index < -0.39 is 9.84 Å². The molecule has 0 saturated carbocycles. The third-order valence-corrected chi connectivity index (χ3v) is 6.42. The van der Waals surface area contributed by atoms with Crippen LogP contribution in [0.1, 0.15) is 37.8 Å². The molecule has 0 aromatic carbocycles. The molecular formula is C14H25N3O2S2. The van der Waals surface area contributed by atoms with E-state index >= 15 is 0 Å². The van der Waals surface area contributed by atoms with Crippen molar-refractivity contribution in [3.05, 3.63) is 10.6 Å². The van der Waals surface area contributed by atoms with Gasteiger partial charge in [0.2, 0.25) is 0 Å². The number of aromatic nitrogens is 1. The van der Waals surface area contributed by atoms with E-state index in [2.05, 4.69) is 36.0 Å². The quantitative estimate of drug-likeness (QED) is 0.917. The number of hydrogen-bond donors (Lipinski definition) is 1. The Labute approximate surface area is 131 Å². The van der Waals surface area contributed by atoms with Crippen LogP contribution in [0.2, 0.25) is 0 Å². The fourth-order valence-electron chi connectivity index (χ4n) is 2.19. The van der Waals surface area contributed by atoms with Gasteiger partial charge in [0, 0.05) is 30.1 Å². The molecule has 1 N–H and O–H groups in total. The molecule has 0 spiro atoms. The van der Waals surface area contributed by atoms with Gasteiger partial charge in [0.25, 0.3) is 0 Å².